The average molecular weight is 318 g/mol. The zero-order chi connectivity index (χ0) is 15.0. The Morgan fingerprint density at radius 1 is 1.29 bits per heavy atom. The van der Waals surface area contributed by atoms with Gasteiger partial charge >= 0.3 is 0 Å². The molecule has 3 aromatic rings. The normalized spacial score (nSPS) is 10.7. The third kappa shape index (κ3) is 2.44. The first-order valence-corrected chi connectivity index (χ1v) is 6.95. The van der Waals surface area contributed by atoms with Crippen molar-refractivity contribution in [1.29, 1.82) is 5.26 Å². The van der Waals surface area contributed by atoms with Crippen molar-refractivity contribution in [2.24, 2.45) is 0 Å². The Morgan fingerprint density at radius 2 is 2.00 bits per heavy atom. The summed E-state index contributed by atoms with van der Waals surface area (Å²) in [6.45, 7) is 0. The summed E-state index contributed by atoms with van der Waals surface area (Å²) in [4.78, 5) is 3.01. The third-order valence-corrected chi connectivity index (χ3v) is 3.78. The van der Waals surface area contributed by atoms with E-state index in [0.717, 1.165) is 11.3 Å². The van der Waals surface area contributed by atoms with E-state index in [4.69, 9.17) is 29.1 Å². The summed E-state index contributed by atoms with van der Waals surface area (Å²) in [6.07, 6.45) is 0.351. The van der Waals surface area contributed by atoms with Crippen molar-refractivity contribution < 1.29 is 4.39 Å². The number of benzene rings is 2. The fourth-order valence-corrected chi connectivity index (χ4v) is 2.69. The highest BCUT2D eigenvalue weighted by Crippen LogP contribution is 2.25. The SMILES string of the molecule is N#CCc1ccc(-n2c(=S)[nH]c3cc(Cl)c(F)cc32)cc1. The molecule has 1 heterocycles. The molecule has 0 unspecified atom stereocenters. The van der Waals surface area contributed by atoms with E-state index in [9.17, 15) is 4.39 Å². The summed E-state index contributed by atoms with van der Waals surface area (Å²) in [5.74, 6) is -0.493. The lowest BCUT2D eigenvalue weighted by atomic mass is 10.1. The molecule has 0 fully saturated rings. The molecule has 0 radical (unpaired) electrons. The molecule has 0 saturated carbocycles. The van der Waals surface area contributed by atoms with Gasteiger partial charge in [-0.1, -0.05) is 23.7 Å². The number of nitrogens with one attached hydrogen (secondary N) is 1. The van der Waals surface area contributed by atoms with Gasteiger partial charge in [0.2, 0.25) is 0 Å². The maximum absolute atomic E-state index is 13.7. The fourth-order valence-electron chi connectivity index (χ4n) is 2.21. The molecule has 21 heavy (non-hydrogen) atoms. The predicted molar refractivity (Wildman–Crippen MR) is 82.7 cm³/mol. The predicted octanol–water partition coefficient (Wildman–Crippen LogP) is 4.55. The highest BCUT2D eigenvalue weighted by Gasteiger charge is 2.10. The van der Waals surface area contributed by atoms with E-state index in [1.54, 1.807) is 4.57 Å². The van der Waals surface area contributed by atoms with Crippen LogP contribution in [0.15, 0.2) is 36.4 Å². The summed E-state index contributed by atoms with van der Waals surface area (Å²) in [7, 11) is 0. The number of rotatable bonds is 2. The molecule has 3 rings (SSSR count). The largest absolute Gasteiger partial charge is 0.330 e. The molecule has 0 spiro atoms. The number of aromatic nitrogens is 2. The minimum atomic E-state index is -0.493. The molecule has 0 bridgehead atoms. The lowest BCUT2D eigenvalue weighted by Gasteiger charge is -2.05. The van der Waals surface area contributed by atoms with Crippen molar-refractivity contribution in [3.05, 3.63) is 57.6 Å². The van der Waals surface area contributed by atoms with Gasteiger partial charge in [-0.2, -0.15) is 5.26 Å². The van der Waals surface area contributed by atoms with Crippen molar-refractivity contribution in [2.45, 2.75) is 6.42 Å². The minimum Gasteiger partial charge on any atom is -0.330 e. The molecule has 1 aromatic heterocycles. The van der Waals surface area contributed by atoms with Gasteiger partial charge in [-0.15, -0.1) is 0 Å². The first kappa shape index (κ1) is 13.8. The lowest BCUT2D eigenvalue weighted by Crippen LogP contribution is -1.95. The maximum atomic E-state index is 13.7. The van der Waals surface area contributed by atoms with Crippen LogP contribution in [-0.2, 0) is 6.42 Å². The standard InChI is InChI=1S/C15H9ClFN3S/c16-11-7-13-14(8-12(11)17)20(15(21)19-13)10-3-1-9(2-4-10)5-6-18/h1-4,7-8H,5H2,(H,19,21). The van der Waals surface area contributed by atoms with E-state index in [0.29, 0.717) is 22.2 Å². The Hall–Kier alpha value is -2.16. The number of fused-ring (bicyclic) bond motifs is 1. The number of halogens is 2. The van der Waals surface area contributed by atoms with E-state index < -0.39 is 5.82 Å². The number of aromatic amines is 1. The fraction of sp³-hybridized carbons (Fsp3) is 0.0667. The Morgan fingerprint density at radius 3 is 2.67 bits per heavy atom. The average Bonchev–Trinajstić information content (AvgIpc) is 2.76. The van der Waals surface area contributed by atoms with Crippen molar-refractivity contribution in [1.82, 2.24) is 9.55 Å². The highest BCUT2D eigenvalue weighted by atomic mass is 35.5. The first-order valence-electron chi connectivity index (χ1n) is 6.16. The minimum absolute atomic E-state index is 0.0512. The van der Waals surface area contributed by atoms with Gasteiger partial charge in [0.15, 0.2) is 4.77 Å². The zero-order valence-corrected chi connectivity index (χ0v) is 12.3. The first-order chi connectivity index (χ1) is 10.1. The van der Waals surface area contributed by atoms with E-state index in [2.05, 4.69) is 11.1 Å². The van der Waals surface area contributed by atoms with Crippen LogP contribution in [0.2, 0.25) is 5.02 Å². The zero-order valence-electron chi connectivity index (χ0n) is 10.7. The molecule has 0 saturated heterocycles. The van der Waals surface area contributed by atoms with Crippen LogP contribution in [0.1, 0.15) is 5.56 Å². The van der Waals surface area contributed by atoms with E-state index in [1.807, 2.05) is 24.3 Å². The number of hydrogen-bond acceptors (Lipinski definition) is 2. The summed E-state index contributed by atoms with van der Waals surface area (Å²) >= 11 is 11.1. The Kier molecular flexibility index (Phi) is 3.50. The van der Waals surface area contributed by atoms with Gasteiger partial charge < -0.3 is 4.98 Å². The van der Waals surface area contributed by atoms with Gasteiger partial charge in [-0.3, -0.25) is 4.57 Å². The third-order valence-electron chi connectivity index (χ3n) is 3.20. The van der Waals surface area contributed by atoms with Gasteiger partial charge in [-0.05, 0) is 36.0 Å². The second kappa shape index (κ2) is 5.32. The quantitative estimate of drug-likeness (QED) is 0.705. The summed E-state index contributed by atoms with van der Waals surface area (Å²) in [5.41, 5.74) is 3.01. The number of nitrogens with zero attached hydrogens (tertiary/aromatic N) is 2. The van der Waals surface area contributed by atoms with Crippen LogP contribution in [0.5, 0.6) is 0 Å². The van der Waals surface area contributed by atoms with Crippen LogP contribution in [0, 0.1) is 21.9 Å². The van der Waals surface area contributed by atoms with E-state index >= 15 is 0 Å². The van der Waals surface area contributed by atoms with Gasteiger partial charge in [0, 0.05) is 11.8 Å². The molecule has 0 aliphatic carbocycles. The van der Waals surface area contributed by atoms with Crippen LogP contribution in [0.25, 0.3) is 16.7 Å². The summed E-state index contributed by atoms with van der Waals surface area (Å²) in [6, 6.07) is 12.4. The van der Waals surface area contributed by atoms with Gasteiger partial charge in [-0.25, -0.2) is 4.39 Å². The molecule has 2 aromatic carbocycles. The lowest BCUT2D eigenvalue weighted by molar-refractivity contribution is 0.629. The second-order valence-corrected chi connectivity index (χ2v) is 5.34. The molecule has 1 N–H and O–H groups in total. The molecule has 104 valence electrons. The molecular formula is C15H9ClFN3S. The molecule has 3 nitrogen and oxygen atoms in total. The van der Waals surface area contributed by atoms with Crippen molar-refractivity contribution in [3.8, 4) is 11.8 Å². The van der Waals surface area contributed by atoms with E-state index in [1.165, 1.54) is 12.1 Å². The van der Waals surface area contributed by atoms with Crippen LogP contribution in [-0.4, -0.2) is 9.55 Å². The van der Waals surface area contributed by atoms with Gasteiger partial charge in [0.25, 0.3) is 0 Å². The second-order valence-electron chi connectivity index (χ2n) is 4.55. The monoisotopic (exact) mass is 317 g/mol. The number of H-pyrrole nitrogens is 1. The van der Waals surface area contributed by atoms with Gasteiger partial charge in [0.05, 0.1) is 28.5 Å². The number of hydrogen-bond donors (Lipinski definition) is 1. The summed E-state index contributed by atoms with van der Waals surface area (Å²) < 4.78 is 15.9. The molecule has 0 amide bonds. The molecular weight excluding hydrogens is 309 g/mol. The van der Waals surface area contributed by atoms with Crippen LogP contribution in [0.3, 0.4) is 0 Å². The van der Waals surface area contributed by atoms with Crippen molar-refractivity contribution in [3.63, 3.8) is 0 Å². The van der Waals surface area contributed by atoms with Gasteiger partial charge in [0.1, 0.15) is 5.82 Å². The molecule has 0 atom stereocenters. The smallest absolute Gasteiger partial charge is 0.182 e. The Labute approximate surface area is 130 Å². The molecule has 6 heteroatoms. The maximum Gasteiger partial charge on any atom is 0.182 e. The number of imidazole rings is 1. The van der Waals surface area contributed by atoms with Crippen LogP contribution < -0.4 is 0 Å². The summed E-state index contributed by atoms with van der Waals surface area (Å²) in [5, 5.41) is 8.74. The van der Waals surface area contributed by atoms with Crippen molar-refractivity contribution >= 4 is 34.9 Å². The topological polar surface area (TPSA) is 44.5 Å². The molecule has 0 aliphatic rings. The highest BCUT2D eigenvalue weighted by molar-refractivity contribution is 7.71. The van der Waals surface area contributed by atoms with Crippen LogP contribution in [0.4, 0.5) is 4.39 Å². The molecule has 0 aliphatic heterocycles. The Balaban J connectivity index is 2.20. The Bertz CT molecular complexity index is 919. The van der Waals surface area contributed by atoms with Crippen molar-refractivity contribution in [2.75, 3.05) is 0 Å². The van der Waals surface area contributed by atoms with E-state index in [-0.39, 0.29) is 5.02 Å². The van der Waals surface area contributed by atoms with Crippen LogP contribution >= 0.6 is 23.8 Å². The number of nitriles is 1.